The standard InChI is InChI=1S/C46H70O4/c1-7-30-19-36-21-34(30)23-43(36)48-38(11-5)25-40(49-44-24-35-22-37(44)20-31(35)8-2)26-39(50-46-18-29-14-33(10-4)42(46)16-29)12-27(6)47-45-17-28-13-32(9-3)41(45)15-28/h7-10,27-29,34-46H,11-26H2,1-6H3/b30-7-,31-8+,32-9-,33-10+. The van der Waals surface area contributed by atoms with Crippen molar-refractivity contribution >= 4 is 0 Å². The van der Waals surface area contributed by atoms with Crippen molar-refractivity contribution in [3.63, 3.8) is 0 Å². The Hall–Kier alpha value is -1.20. The van der Waals surface area contributed by atoms with Crippen LogP contribution in [0.4, 0.5) is 0 Å². The summed E-state index contributed by atoms with van der Waals surface area (Å²) in [5.41, 5.74) is 6.67. The maximum atomic E-state index is 7.36. The smallest absolute Gasteiger partial charge is 0.0647 e. The zero-order chi connectivity index (χ0) is 34.5. The predicted molar refractivity (Wildman–Crippen MR) is 203 cm³/mol. The second-order valence-electron chi connectivity index (χ2n) is 18.5. The van der Waals surface area contributed by atoms with Crippen LogP contribution in [-0.2, 0) is 18.9 Å². The summed E-state index contributed by atoms with van der Waals surface area (Å²) in [4.78, 5) is 0. The number of fused-ring (bicyclic) bond motifs is 8. The van der Waals surface area contributed by atoms with Gasteiger partial charge in [-0.15, -0.1) is 0 Å². The van der Waals surface area contributed by atoms with Gasteiger partial charge in [0, 0.05) is 11.8 Å². The molecule has 4 nitrogen and oxygen atoms in total. The Balaban J connectivity index is 0.983. The summed E-state index contributed by atoms with van der Waals surface area (Å²) in [6.45, 7) is 13.6. The van der Waals surface area contributed by atoms with Gasteiger partial charge in [-0.05, 0) is 173 Å². The van der Waals surface area contributed by atoms with Gasteiger partial charge in [0.25, 0.3) is 0 Å². The zero-order valence-corrected chi connectivity index (χ0v) is 32.5. The molecule has 16 atom stereocenters. The Morgan fingerprint density at radius 2 is 0.960 bits per heavy atom. The molecule has 0 spiro atoms. The maximum Gasteiger partial charge on any atom is 0.0647 e. The monoisotopic (exact) mass is 687 g/mol. The molecular weight excluding hydrogens is 617 g/mol. The van der Waals surface area contributed by atoms with Crippen molar-refractivity contribution < 1.29 is 18.9 Å². The van der Waals surface area contributed by atoms with Crippen LogP contribution in [0.2, 0.25) is 0 Å². The van der Waals surface area contributed by atoms with E-state index in [0.29, 0.717) is 48.1 Å². The van der Waals surface area contributed by atoms with Crippen molar-refractivity contribution in [1.29, 1.82) is 0 Å². The highest BCUT2D eigenvalue weighted by Gasteiger charge is 2.48. The lowest BCUT2D eigenvalue weighted by atomic mass is 9.90. The molecule has 0 saturated heterocycles. The van der Waals surface area contributed by atoms with Crippen molar-refractivity contribution in [2.24, 2.45) is 47.3 Å². The van der Waals surface area contributed by atoms with Crippen LogP contribution in [0, 0.1) is 47.3 Å². The van der Waals surface area contributed by atoms with Crippen molar-refractivity contribution in [3.8, 4) is 0 Å². The zero-order valence-electron chi connectivity index (χ0n) is 32.5. The summed E-state index contributed by atoms with van der Waals surface area (Å²) < 4.78 is 28.8. The second-order valence-corrected chi connectivity index (χ2v) is 18.5. The molecule has 0 amide bonds. The molecule has 8 fully saturated rings. The molecular formula is C46H70O4. The van der Waals surface area contributed by atoms with E-state index in [1.807, 2.05) is 0 Å². The fourth-order valence-electron chi connectivity index (χ4n) is 13.2. The number of allylic oxidation sites excluding steroid dienone is 6. The highest BCUT2D eigenvalue weighted by Crippen LogP contribution is 2.53. The van der Waals surface area contributed by atoms with Gasteiger partial charge in [-0.1, -0.05) is 53.5 Å². The summed E-state index contributed by atoms with van der Waals surface area (Å²) in [7, 11) is 0. The molecule has 0 aliphatic heterocycles. The highest BCUT2D eigenvalue weighted by atomic mass is 16.5. The van der Waals surface area contributed by atoms with E-state index in [-0.39, 0.29) is 24.4 Å². The Labute approximate surface area is 305 Å². The van der Waals surface area contributed by atoms with Gasteiger partial charge in [0.1, 0.15) is 0 Å². The van der Waals surface area contributed by atoms with E-state index in [0.717, 1.165) is 49.4 Å². The average molecular weight is 687 g/mol. The van der Waals surface area contributed by atoms with Gasteiger partial charge >= 0.3 is 0 Å². The Morgan fingerprint density at radius 1 is 0.500 bits per heavy atom. The van der Waals surface area contributed by atoms with Gasteiger partial charge in [0.2, 0.25) is 0 Å². The van der Waals surface area contributed by atoms with E-state index >= 15 is 0 Å². The molecule has 8 saturated carbocycles. The third-order valence-electron chi connectivity index (χ3n) is 15.6. The average Bonchev–Trinajstić information content (AvgIpc) is 3.98. The van der Waals surface area contributed by atoms with Crippen LogP contribution in [0.5, 0.6) is 0 Å². The highest BCUT2D eigenvalue weighted by molar-refractivity contribution is 5.21. The molecule has 0 aromatic heterocycles. The van der Waals surface area contributed by atoms with Gasteiger partial charge < -0.3 is 18.9 Å². The predicted octanol–water partition coefficient (Wildman–Crippen LogP) is 11.1. The van der Waals surface area contributed by atoms with Crippen molar-refractivity contribution in [3.05, 3.63) is 46.6 Å². The molecule has 16 unspecified atom stereocenters. The van der Waals surface area contributed by atoms with E-state index in [4.69, 9.17) is 18.9 Å². The summed E-state index contributed by atoms with van der Waals surface area (Å²) in [6, 6.07) is 0. The third-order valence-corrected chi connectivity index (χ3v) is 15.6. The second kappa shape index (κ2) is 15.3. The first-order chi connectivity index (χ1) is 24.3. The molecule has 0 aromatic carbocycles. The largest absolute Gasteiger partial charge is 0.375 e. The molecule has 4 heteroatoms. The minimum atomic E-state index is 0.152. The normalized spacial score (nSPS) is 45.3. The molecule has 0 aromatic rings. The lowest BCUT2D eigenvalue weighted by Crippen LogP contribution is -2.38. The minimum Gasteiger partial charge on any atom is -0.375 e. The van der Waals surface area contributed by atoms with Gasteiger partial charge in [-0.2, -0.15) is 0 Å². The van der Waals surface area contributed by atoms with E-state index in [2.05, 4.69) is 65.8 Å². The number of ether oxygens (including phenoxy) is 4. The van der Waals surface area contributed by atoms with E-state index in [9.17, 15) is 0 Å². The first kappa shape index (κ1) is 35.8. The topological polar surface area (TPSA) is 36.9 Å². The van der Waals surface area contributed by atoms with Crippen LogP contribution in [0.25, 0.3) is 0 Å². The summed E-state index contributed by atoms with van der Waals surface area (Å²) in [5.74, 6) is 5.79. The Kier molecular flexibility index (Phi) is 10.9. The summed E-state index contributed by atoms with van der Waals surface area (Å²) in [6.07, 6.45) is 31.1. The minimum absolute atomic E-state index is 0.152. The molecule has 50 heavy (non-hydrogen) atoms. The molecule has 0 heterocycles. The lowest BCUT2D eigenvalue weighted by molar-refractivity contribution is -0.125. The molecule has 278 valence electrons. The van der Waals surface area contributed by atoms with E-state index in [1.165, 1.54) is 77.0 Å². The molecule has 8 rings (SSSR count). The van der Waals surface area contributed by atoms with Gasteiger partial charge in [-0.25, -0.2) is 0 Å². The maximum absolute atomic E-state index is 7.36. The summed E-state index contributed by atoms with van der Waals surface area (Å²) >= 11 is 0. The van der Waals surface area contributed by atoms with Gasteiger partial charge in [0.15, 0.2) is 0 Å². The molecule has 8 aliphatic carbocycles. The molecule has 0 N–H and O–H groups in total. The van der Waals surface area contributed by atoms with E-state index in [1.54, 1.807) is 22.3 Å². The summed E-state index contributed by atoms with van der Waals surface area (Å²) in [5, 5.41) is 0. The van der Waals surface area contributed by atoms with E-state index < -0.39 is 0 Å². The SMILES string of the molecule is C/C=C1/CC2CC1CC2OC(CC)CC(CC(CC(C)OC1CC2C/C(=C/C)C1C2)OC1CC2C/C(=C\C)C1C2)OC1CC2CC1C/C2=C\C. The molecule has 8 aliphatic rings. The van der Waals surface area contributed by atoms with Crippen LogP contribution in [0.1, 0.15) is 144 Å². The van der Waals surface area contributed by atoms with Crippen molar-refractivity contribution in [2.45, 2.75) is 193 Å². The van der Waals surface area contributed by atoms with Crippen LogP contribution < -0.4 is 0 Å². The van der Waals surface area contributed by atoms with Crippen LogP contribution in [0.3, 0.4) is 0 Å². The van der Waals surface area contributed by atoms with Crippen LogP contribution in [0.15, 0.2) is 46.6 Å². The number of rotatable bonds is 15. The Morgan fingerprint density at radius 3 is 1.42 bits per heavy atom. The number of hydrogen-bond acceptors (Lipinski definition) is 4. The van der Waals surface area contributed by atoms with Crippen molar-refractivity contribution in [2.75, 3.05) is 0 Å². The first-order valence-electron chi connectivity index (χ1n) is 21.6. The number of hydrogen-bond donors (Lipinski definition) is 0. The van der Waals surface area contributed by atoms with Gasteiger partial charge in [0.05, 0.1) is 48.8 Å². The van der Waals surface area contributed by atoms with Crippen LogP contribution >= 0.6 is 0 Å². The van der Waals surface area contributed by atoms with Crippen LogP contribution in [-0.4, -0.2) is 48.8 Å². The molecule has 0 radical (unpaired) electrons. The van der Waals surface area contributed by atoms with Crippen molar-refractivity contribution in [1.82, 2.24) is 0 Å². The fraction of sp³-hybridized carbons (Fsp3) is 0.826. The Bertz CT molecular complexity index is 1320. The quantitative estimate of drug-likeness (QED) is 0.161. The third kappa shape index (κ3) is 7.20. The lowest BCUT2D eigenvalue weighted by Gasteiger charge is -2.37. The first-order valence-corrected chi connectivity index (χ1v) is 21.6. The fourth-order valence-corrected chi connectivity index (χ4v) is 13.2. The molecule has 8 bridgehead atoms. The van der Waals surface area contributed by atoms with Gasteiger partial charge in [-0.3, -0.25) is 0 Å².